The first kappa shape index (κ1) is 11.9. The average molecular weight is 229 g/mol. The van der Waals surface area contributed by atoms with Gasteiger partial charge in [-0.25, -0.2) is 0 Å². The molecule has 0 fully saturated rings. The molecular weight excluding hydrogens is 216 g/mol. The van der Waals surface area contributed by atoms with Gasteiger partial charge in [-0.05, 0) is 25.5 Å². The first-order valence-electron chi connectivity index (χ1n) is 4.45. The summed E-state index contributed by atoms with van der Waals surface area (Å²) in [6.45, 7) is 3.26. The van der Waals surface area contributed by atoms with Gasteiger partial charge in [-0.2, -0.15) is 0 Å². The lowest BCUT2D eigenvalue weighted by Gasteiger charge is -2.14. The minimum absolute atomic E-state index is 0.140. The highest BCUT2D eigenvalue weighted by Gasteiger charge is 2.19. The molecule has 0 saturated carbocycles. The van der Waals surface area contributed by atoms with Gasteiger partial charge in [0.1, 0.15) is 0 Å². The molecule has 0 atom stereocenters. The van der Waals surface area contributed by atoms with E-state index < -0.39 is 0 Å². The topological polar surface area (TPSA) is 35.5 Å². The van der Waals surface area contributed by atoms with Crippen LogP contribution >= 0.6 is 11.6 Å². The molecule has 0 aromatic heterocycles. The number of hydrogen-bond donors (Lipinski definition) is 0. The van der Waals surface area contributed by atoms with Gasteiger partial charge in [0.2, 0.25) is 0 Å². The highest BCUT2D eigenvalue weighted by Crippen LogP contribution is 2.38. The zero-order valence-corrected chi connectivity index (χ0v) is 9.94. The van der Waals surface area contributed by atoms with Crippen LogP contribution < -0.4 is 9.47 Å². The van der Waals surface area contributed by atoms with Crippen LogP contribution in [0, 0.1) is 6.92 Å². The van der Waals surface area contributed by atoms with Crippen LogP contribution in [0.4, 0.5) is 0 Å². The van der Waals surface area contributed by atoms with Gasteiger partial charge in [-0.15, -0.1) is 0 Å². The third kappa shape index (κ3) is 2.07. The lowest BCUT2D eigenvalue weighted by molar-refractivity contribution is 0.101. The lowest BCUT2D eigenvalue weighted by Crippen LogP contribution is -2.02. The van der Waals surface area contributed by atoms with Crippen LogP contribution in [0.1, 0.15) is 22.8 Å². The highest BCUT2D eigenvalue weighted by atomic mass is 35.5. The molecule has 82 valence electrons. The lowest BCUT2D eigenvalue weighted by atomic mass is 10.1. The summed E-state index contributed by atoms with van der Waals surface area (Å²) in [6, 6.07) is 1.74. The quantitative estimate of drug-likeness (QED) is 0.747. The molecule has 0 amide bonds. The predicted molar refractivity (Wildman–Crippen MR) is 59.3 cm³/mol. The van der Waals surface area contributed by atoms with E-state index in [0.717, 1.165) is 5.56 Å². The molecule has 4 heteroatoms. The number of benzene rings is 1. The van der Waals surface area contributed by atoms with Gasteiger partial charge < -0.3 is 9.47 Å². The van der Waals surface area contributed by atoms with E-state index in [1.54, 1.807) is 6.07 Å². The fraction of sp³-hybridized carbons (Fsp3) is 0.364. The monoisotopic (exact) mass is 228 g/mol. The van der Waals surface area contributed by atoms with Crippen molar-refractivity contribution >= 4 is 17.4 Å². The minimum Gasteiger partial charge on any atom is -0.493 e. The molecule has 0 radical (unpaired) electrons. The SMILES string of the molecule is COc1cc(C)c(Cl)c(C(C)=O)c1OC. The van der Waals surface area contributed by atoms with Crippen molar-refractivity contribution in [1.82, 2.24) is 0 Å². The van der Waals surface area contributed by atoms with E-state index in [9.17, 15) is 4.79 Å². The van der Waals surface area contributed by atoms with Crippen LogP contribution in [0.2, 0.25) is 5.02 Å². The molecule has 0 aliphatic carbocycles. The molecule has 0 spiro atoms. The summed E-state index contributed by atoms with van der Waals surface area (Å²) >= 11 is 6.04. The largest absolute Gasteiger partial charge is 0.493 e. The molecular formula is C11H13ClO3. The second kappa shape index (κ2) is 4.53. The van der Waals surface area contributed by atoms with E-state index >= 15 is 0 Å². The van der Waals surface area contributed by atoms with Gasteiger partial charge >= 0.3 is 0 Å². The van der Waals surface area contributed by atoms with Crippen LogP contribution in [0.5, 0.6) is 11.5 Å². The fourth-order valence-corrected chi connectivity index (χ4v) is 1.69. The van der Waals surface area contributed by atoms with Crippen molar-refractivity contribution in [3.63, 3.8) is 0 Å². The van der Waals surface area contributed by atoms with Crippen molar-refractivity contribution in [3.8, 4) is 11.5 Å². The number of carbonyl (C=O) groups is 1. The van der Waals surface area contributed by atoms with Gasteiger partial charge in [0.25, 0.3) is 0 Å². The maximum Gasteiger partial charge on any atom is 0.173 e. The van der Waals surface area contributed by atoms with E-state index in [1.807, 2.05) is 6.92 Å². The summed E-state index contributed by atoms with van der Waals surface area (Å²) < 4.78 is 10.3. The summed E-state index contributed by atoms with van der Waals surface area (Å²) in [5, 5.41) is 0.417. The average Bonchev–Trinajstić information content (AvgIpc) is 2.20. The summed E-state index contributed by atoms with van der Waals surface area (Å²) in [4.78, 5) is 11.4. The molecule has 0 aliphatic rings. The maximum absolute atomic E-state index is 11.4. The Bertz CT molecular complexity index is 399. The van der Waals surface area contributed by atoms with Crippen LogP contribution in [0.25, 0.3) is 0 Å². The highest BCUT2D eigenvalue weighted by molar-refractivity contribution is 6.35. The van der Waals surface area contributed by atoms with Gasteiger partial charge in [0.15, 0.2) is 17.3 Å². The molecule has 15 heavy (non-hydrogen) atoms. The Balaban J connectivity index is 3.56. The molecule has 0 saturated heterocycles. The van der Waals surface area contributed by atoms with Crippen molar-refractivity contribution in [2.45, 2.75) is 13.8 Å². The normalized spacial score (nSPS) is 9.93. The Kier molecular flexibility index (Phi) is 3.58. The number of aryl methyl sites for hydroxylation is 1. The second-order valence-corrected chi connectivity index (χ2v) is 3.55. The Morgan fingerprint density at radius 1 is 1.33 bits per heavy atom. The van der Waals surface area contributed by atoms with E-state index in [1.165, 1.54) is 21.1 Å². The summed E-state index contributed by atoms with van der Waals surface area (Å²) in [6.07, 6.45) is 0. The van der Waals surface area contributed by atoms with Crippen LogP contribution in [0.15, 0.2) is 6.07 Å². The van der Waals surface area contributed by atoms with Gasteiger partial charge in [0.05, 0.1) is 24.8 Å². The molecule has 1 aromatic carbocycles. The zero-order chi connectivity index (χ0) is 11.6. The summed E-state index contributed by atoms with van der Waals surface area (Å²) in [7, 11) is 3.01. The zero-order valence-electron chi connectivity index (χ0n) is 9.18. The van der Waals surface area contributed by atoms with Crippen molar-refractivity contribution in [1.29, 1.82) is 0 Å². The van der Waals surface area contributed by atoms with Crippen molar-refractivity contribution in [2.24, 2.45) is 0 Å². The predicted octanol–water partition coefficient (Wildman–Crippen LogP) is 2.87. The van der Waals surface area contributed by atoms with Crippen molar-refractivity contribution < 1.29 is 14.3 Å². The van der Waals surface area contributed by atoms with Crippen molar-refractivity contribution in [3.05, 3.63) is 22.2 Å². The molecule has 0 bridgehead atoms. The van der Waals surface area contributed by atoms with E-state index in [0.29, 0.717) is 22.1 Å². The van der Waals surface area contributed by atoms with Crippen LogP contribution in [0.3, 0.4) is 0 Å². The summed E-state index contributed by atoms with van der Waals surface area (Å²) in [5.74, 6) is 0.768. The molecule has 1 aromatic rings. The number of ketones is 1. The number of carbonyl (C=O) groups excluding carboxylic acids is 1. The number of rotatable bonds is 3. The smallest absolute Gasteiger partial charge is 0.173 e. The molecule has 0 unspecified atom stereocenters. The third-order valence-electron chi connectivity index (χ3n) is 2.14. The standard InChI is InChI=1S/C11H13ClO3/c1-6-5-8(14-3)11(15-4)9(7(2)13)10(6)12/h5H,1-4H3. The molecule has 0 heterocycles. The fourth-order valence-electron chi connectivity index (χ4n) is 1.41. The molecule has 1 rings (SSSR count). The molecule has 0 aliphatic heterocycles. The second-order valence-electron chi connectivity index (χ2n) is 3.17. The number of halogens is 1. The Labute approximate surface area is 93.9 Å². The molecule has 0 N–H and O–H groups in total. The van der Waals surface area contributed by atoms with E-state index in [2.05, 4.69) is 0 Å². The van der Waals surface area contributed by atoms with Crippen molar-refractivity contribution in [2.75, 3.05) is 14.2 Å². The Morgan fingerprint density at radius 3 is 2.33 bits per heavy atom. The van der Waals surface area contributed by atoms with Crippen LogP contribution in [-0.4, -0.2) is 20.0 Å². The number of methoxy groups -OCH3 is 2. The first-order chi connectivity index (χ1) is 7.02. The number of hydrogen-bond acceptors (Lipinski definition) is 3. The third-order valence-corrected chi connectivity index (χ3v) is 2.63. The summed E-state index contributed by atoms with van der Waals surface area (Å²) in [5.41, 5.74) is 1.16. The van der Waals surface area contributed by atoms with Gasteiger partial charge in [0, 0.05) is 0 Å². The first-order valence-corrected chi connectivity index (χ1v) is 4.82. The number of ether oxygens (including phenoxy) is 2. The van der Waals surface area contributed by atoms with E-state index in [-0.39, 0.29) is 5.78 Å². The Morgan fingerprint density at radius 2 is 1.93 bits per heavy atom. The number of Topliss-reactive ketones (excluding diaryl/α,β-unsaturated/α-hetero) is 1. The molecule has 3 nitrogen and oxygen atoms in total. The minimum atomic E-state index is -0.140. The maximum atomic E-state index is 11.4. The van der Waals surface area contributed by atoms with Crippen LogP contribution in [-0.2, 0) is 0 Å². The Hall–Kier alpha value is -1.22. The van der Waals surface area contributed by atoms with E-state index in [4.69, 9.17) is 21.1 Å². The van der Waals surface area contributed by atoms with Gasteiger partial charge in [-0.3, -0.25) is 4.79 Å². The van der Waals surface area contributed by atoms with Gasteiger partial charge in [-0.1, -0.05) is 11.6 Å².